The maximum atomic E-state index is 12.1. The lowest BCUT2D eigenvalue weighted by molar-refractivity contribution is -0.116. The van der Waals surface area contributed by atoms with Crippen LogP contribution in [0.4, 0.5) is 5.82 Å². The monoisotopic (exact) mass is 328 g/mol. The Kier molecular flexibility index (Phi) is 4.86. The second kappa shape index (κ2) is 6.44. The molecule has 0 saturated heterocycles. The molecule has 6 heteroatoms. The predicted molar refractivity (Wildman–Crippen MR) is 82.7 cm³/mol. The Hall–Kier alpha value is -1.29. The first-order valence-electron chi connectivity index (χ1n) is 5.81. The number of hydrogen-bond acceptors (Lipinski definition) is 2. The van der Waals surface area contributed by atoms with Crippen LogP contribution in [0.5, 0.6) is 0 Å². The fraction of sp³-hybridized carbons (Fsp3) is 0.143. The fourth-order valence-electron chi connectivity index (χ4n) is 1.60. The summed E-state index contributed by atoms with van der Waals surface area (Å²) in [7, 11) is 0. The van der Waals surface area contributed by atoms with Crippen molar-refractivity contribution >= 4 is 46.5 Å². The van der Waals surface area contributed by atoms with Crippen LogP contribution in [0.25, 0.3) is 0 Å². The molecule has 1 unspecified atom stereocenters. The summed E-state index contributed by atoms with van der Waals surface area (Å²) < 4.78 is 0. The lowest BCUT2D eigenvalue weighted by atomic mass is 10.1. The Morgan fingerprint density at radius 1 is 1.20 bits per heavy atom. The van der Waals surface area contributed by atoms with Gasteiger partial charge in [-0.15, -0.1) is 11.6 Å². The number of amides is 1. The summed E-state index contributed by atoms with van der Waals surface area (Å²) in [6.07, 6.45) is 0. The van der Waals surface area contributed by atoms with Crippen molar-refractivity contribution in [1.29, 1.82) is 0 Å². The number of alkyl halides is 1. The van der Waals surface area contributed by atoms with Gasteiger partial charge in [-0.2, -0.15) is 0 Å². The third kappa shape index (κ3) is 3.42. The number of benzene rings is 1. The van der Waals surface area contributed by atoms with Gasteiger partial charge in [-0.1, -0.05) is 53.5 Å². The summed E-state index contributed by atoms with van der Waals surface area (Å²) in [5, 5.41) is 2.50. The molecule has 0 radical (unpaired) electrons. The zero-order valence-electron chi connectivity index (χ0n) is 10.5. The first kappa shape index (κ1) is 15.1. The smallest absolute Gasteiger partial charge is 0.248 e. The average Bonchev–Trinajstić information content (AvgIpc) is 2.44. The van der Waals surface area contributed by atoms with Gasteiger partial charge in [0.1, 0.15) is 5.38 Å². The molecule has 0 aliphatic heterocycles. The summed E-state index contributed by atoms with van der Waals surface area (Å²) in [4.78, 5) is 16.2. The number of carbonyl (C=O) groups is 1. The molecule has 0 saturated carbocycles. The largest absolute Gasteiger partial charge is 0.308 e. The molecule has 1 aromatic heterocycles. The second-order valence-electron chi connectivity index (χ2n) is 4.15. The molecule has 2 aromatic rings. The number of nitrogens with zero attached hydrogens (tertiary/aromatic N) is 1. The number of hydrogen-bond donors (Lipinski definition) is 1. The van der Waals surface area contributed by atoms with Gasteiger partial charge in [0.15, 0.2) is 5.82 Å². The van der Waals surface area contributed by atoms with Gasteiger partial charge in [0.05, 0.1) is 15.7 Å². The van der Waals surface area contributed by atoms with Gasteiger partial charge < -0.3 is 5.32 Å². The first-order valence-corrected chi connectivity index (χ1v) is 7.01. The van der Waals surface area contributed by atoms with E-state index < -0.39 is 11.3 Å². The van der Waals surface area contributed by atoms with E-state index in [0.717, 1.165) is 0 Å². The van der Waals surface area contributed by atoms with Crippen molar-refractivity contribution < 1.29 is 4.79 Å². The molecular formula is C14H11Cl3N2O. The van der Waals surface area contributed by atoms with Crippen LogP contribution in [0.2, 0.25) is 10.0 Å². The maximum Gasteiger partial charge on any atom is 0.248 e. The third-order valence-corrected chi connectivity index (χ3v) is 3.79. The molecule has 1 N–H and O–H groups in total. The number of nitrogens with one attached hydrogen (secondary N) is 1. The topological polar surface area (TPSA) is 42.0 Å². The molecule has 1 amide bonds. The molecule has 1 atom stereocenters. The molecule has 104 valence electrons. The Morgan fingerprint density at radius 3 is 2.50 bits per heavy atom. The highest BCUT2D eigenvalue weighted by atomic mass is 35.5. The number of halogens is 3. The lowest BCUT2D eigenvalue weighted by Crippen LogP contribution is -2.18. The molecule has 0 fully saturated rings. The zero-order valence-corrected chi connectivity index (χ0v) is 12.8. The lowest BCUT2D eigenvalue weighted by Gasteiger charge is -2.12. The second-order valence-corrected chi connectivity index (χ2v) is 5.40. The van der Waals surface area contributed by atoms with Crippen molar-refractivity contribution in [3.63, 3.8) is 0 Å². The summed E-state index contributed by atoms with van der Waals surface area (Å²) in [5.74, 6) is -0.144. The van der Waals surface area contributed by atoms with Crippen molar-refractivity contribution in [2.45, 2.75) is 12.3 Å². The van der Waals surface area contributed by atoms with Gasteiger partial charge in [-0.05, 0) is 18.6 Å². The Balaban J connectivity index is 2.18. The first-order chi connectivity index (χ1) is 9.49. The van der Waals surface area contributed by atoms with E-state index in [1.54, 1.807) is 19.1 Å². The molecule has 20 heavy (non-hydrogen) atoms. The molecule has 3 nitrogen and oxygen atoms in total. The summed E-state index contributed by atoms with van der Waals surface area (Å²) >= 11 is 18.0. The van der Waals surface area contributed by atoms with Crippen molar-refractivity contribution in [3.05, 3.63) is 57.7 Å². The molecule has 1 aromatic carbocycles. The van der Waals surface area contributed by atoms with Crippen molar-refractivity contribution in [1.82, 2.24) is 4.98 Å². The van der Waals surface area contributed by atoms with Gasteiger partial charge in [0.25, 0.3) is 0 Å². The van der Waals surface area contributed by atoms with Gasteiger partial charge in [0.2, 0.25) is 5.91 Å². The van der Waals surface area contributed by atoms with E-state index >= 15 is 0 Å². The Bertz CT molecular complexity index is 632. The molecular weight excluding hydrogens is 319 g/mol. The summed E-state index contributed by atoms with van der Waals surface area (Å²) in [5.41, 5.74) is 1.28. The van der Waals surface area contributed by atoms with Crippen LogP contribution < -0.4 is 5.32 Å². The third-order valence-electron chi connectivity index (χ3n) is 2.67. The van der Waals surface area contributed by atoms with Crippen LogP contribution in [-0.4, -0.2) is 10.9 Å². The van der Waals surface area contributed by atoms with Crippen molar-refractivity contribution in [2.75, 3.05) is 5.32 Å². The van der Waals surface area contributed by atoms with Crippen LogP contribution in [0.3, 0.4) is 0 Å². The van der Waals surface area contributed by atoms with Crippen LogP contribution >= 0.6 is 34.8 Å². The van der Waals surface area contributed by atoms with Gasteiger partial charge in [-0.25, -0.2) is 4.98 Å². The number of carbonyl (C=O) groups excluding carboxylic acids is 1. The quantitative estimate of drug-likeness (QED) is 0.835. The van der Waals surface area contributed by atoms with Crippen LogP contribution in [0.15, 0.2) is 36.4 Å². The van der Waals surface area contributed by atoms with E-state index in [4.69, 9.17) is 34.8 Å². The highest BCUT2D eigenvalue weighted by Gasteiger charge is 2.19. The minimum Gasteiger partial charge on any atom is -0.308 e. The molecule has 2 rings (SSSR count). The van der Waals surface area contributed by atoms with Gasteiger partial charge in [0, 0.05) is 0 Å². The fourth-order valence-corrected chi connectivity index (χ4v) is 2.21. The van der Waals surface area contributed by atoms with Crippen LogP contribution in [0, 0.1) is 6.92 Å². The molecule has 1 heterocycles. The number of aromatic nitrogens is 1. The van der Waals surface area contributed by atoms with E-state index in [1.165, 1.54) is 6.07 Å². The van der Waals surface area contributed by atoms with Crippen LogP contribution in [0.1, 0.15) is 16.6 Å². The van der Waals surface area contributed by atoms with Gasteiger partial charge >= 0.3 is 0 Å². The standard InChI is InChI=1S/C14H11Cl3N2O/c1-8-10(15)7-11(16)13(18-8)19-14(20)12(17)9-5-3-2-4-6-9/h2-7,12H,1H3,(H,18,19,20). The summed E-state index contributed by atoms with van der Waals surface area (Å²) in [6.45, 7) is 1.73. The van der Waals surface area contributed by atoms with E-state index in [0.29, 0.717) is 16.3 Å². The molecule has 0 aliphatic carbocycles. The SMILES string of the molecule is Cc1nc(NC(=O)C(Cl)c2ccccc2)c(Cl)cc1Cl. The maximum absolute atomic E-state index is 12.1. The Morgan fingerprint density at radius 2 is 1.85 bits per heavy atom. The zero-order chi connectivity index (χ0) is 14.7. The van der Waals surface area contributed by atoms with Crippen molar-refractivity contribution in [3.8, 4) is 0 Å². The highest BCUT2D eigenvalue weighted by Crippen LogP contribution is 2.28. The van der Waals surface area contributed by atoms with Crippen LogP contribution in [-0.2, 0) is 4.79 Å². The average molecular weight is 330 g/mol. The Labute approximate surface area is 131 Å². The van der Waals surface area contributed by atoms with Gasteiger partial charge in [-0.3, -0.25) is 4.79 Å². The van der Waals surface area contributed by atoms with Crippen molar-refractivity contribution in [2.24, 2.45) is 0 Å². The van der Waals surface area contributed by atoms with E-state index in [9.17, 15) is 4.79 Å². The van der Waals surface area contributed by atoms with E-state index in [-0.39, 0.29) is 10.8 Å². The molecule has 0 aliphatic rings. The minimum absolute atomic E-state index is 0.250. The highest BCUT2D eigenvalue weighted by molar-refractivity contribution is 6.37. The predicted octanol–water partition coefficient (Wildman–Crippen LogP) is 4.62. The number of anilines is 1. The number of pyridine rings is 1. The normalized spacial score (nSPS) is 12.0. The number of rotatable bonds is 3. The molecule has 0 bridgehead atoms. The number of aryl methyl sites for hydroxylation is 1. The minimum atomic E-state index is -0.815. The van der Waals surface area contributed by atoms with E-state index in [2.05, 4.69) is 10.3 Å². The molecule has 0 spiro atoms. The van der Waals surface area contributed by atoms with E-state index in [1.807, 2.05) is 18.2 Å². The summed E-state index contributed by atoms with van der Waals surface area (Å²) in [6, 6.07) is 10.6.